The average molecular weight is 285 g/mol. The molecule has 0 aromatic carbocycles. The fourth-order valence-corrected chi connectivity index (χ4v) is 2.67. The normalized spacial score (nSPS) is 11.4. The molecular weight excluding hydrogens is 258 g/mol. The number of hydrogen-bond acceptors (Lipinski definition) is 5. The minimum atomic E-state index is 0.506. The quantitative estimate of drug-likeness (QED) is 0.500. The Balaban J connectivity index is 2.17. The second-order valence-electron chi connectivity index (χ2n) is 5.06. The predicted molar refractivity (Wildman–Crippen MR) is 80.4 cm³/mol. The summed E-state index contributed by atoms with van der Waals surface area (Å²) in [6.45, 7) is 8.28. The lowest BCUT2D eigenvalue weighted by atomic mass is 10.2. The van der Waals surface area contributed by atoms with Gasteiger partial charge in [-0.3, -0.25) is 0 Å². The van der Waals surface area contributed by atoms with Crippen molar-refractivity contribution in [2.45, 2.75) is 70.6 Å². The molecular formula is C13H27N5S. The maximum Gasteiger partial charge on any atom is 0.209 e. The van der Waals surface area contributed by atoms with Gasteiger partial charge in [-0.2, -0.15) is 0 Å². The van der Waals surface area contributed by atoms with Gasteiger partial charge in [-0.15, -0.1) is 5.10 Å². The average Bonchev–Trinajstić information content (AvgIpc) is 2.81. The highest BCUT2D eigenvalue weighted by Gasteiger charge is 2.06. The predicted octanol–water partition coefficient (Wildman–Crippen LogP) is 2.73. The van der Waals surface area contributed by atoms with E-state index in [0.29, 0.717) is 6.04 Å². The highest BCUT2D eigenvalue weighted by atomic mass is 32.2. The van der Waals surface area contributed by atoms with E-state index >= 15 is 0 Å². The van der Waals surface area contributed by atoms with Crippen LogP contribution in [0.25, 0.3) is 0 Å². The van der Waals surface area contributed by atoms with E-state index < -0.39 is 0 Å². The van der Waals surface area contributed by atoms with Crippen molar-refractivity contribution in [1.29, 1.82) is 0 Å². The second-order valence-corrected chi connectivity index (χ2v) is 6.12. The third-order valence-corrected chi connectivity index (χ3v) is 3.90. The van der Waals surface area contributed by atoms with Crippen molar-refractivity contribution < 1.29 is 0 Å². The molecule has 19 heavy (non-hydrogen) atoms. The molecule has 0 atom stereocenters. The fraction of sp³-hybridized carbons (Fsp3) is 0.923. The van der Waals surface area contributed by atoms with Crippen LogP contribution in [0.3, 0.4) is 0 Å². The Bertz CT molecular complexity index is 327. The molecule has 0 unspecified atom stereocenters. The number of nitrogens with one attached hydrogen (secondary N) is 1. The fourth-order valence-electron chi connectivity index (χ4n) is 1.77. The first kappa shape index (κ1) is 16.4. The highest BCUT2D eigenvalue weighted by Crippen LogP contribution is 2.16. The number of hydrogen-bond donors (Lipinski definition) is 1. The number of unbranched alkanes of at least 4 members (excludes halogenated alkanes) is 4. The Hall–Kier alpha value is -0.620. The van der Waals surface area contributed by atoms with Crippen LogP contribution in [-0.4, -0.2) is 38.5 Å². The van der Waals surface area contributed by atoms with Crippen molar-refractivity contribution in [3.05, 3.63) is 0 Å². The molecule has 0 radical (unpaired) electrons. The molecule has 0 amide bonds. The topological polar surface area (TPSA) is 55.6 Å². The summed E-state index contributed by atoms with van der Waals surface area (Å²) in [4.78, 5) is 0. The first-order valence-electron chi connectivity index (χ1n) is 7.36. The molecule has 1 heterocycles. The van der Waals surface area contributed by atoms with Crippen LogP contribution in [0.2, 0.25) is 0 Å². The summed E-state index contributed by atoms with van der Waals surface area (Å²) in [5, 5.41) is 16.2. The van der Waals surface area contributed by atoms with E-state index in [0.717, 1.165) is 24.0 Å². The summed E-state index contributed by atoms with van der Waals surface area (Å²) in [7, 11) is 0. The highest BCUT2D eigenvalue weighted by molar-refractivity contribution is 7.99. The molecule has 0 aliphatic carbocycles. The van der Waals surface area contributed by atoms with Crippen LogP contribution in [0, 0.1) is 0 Å². The zero-order valence-electron chi connectivity index (χ0n) is 12.4. The first-order chi connectivity index (χ1) is 9.24. The van der Waals surface area contributed by atoms with Crippen molar-refractivity contribution >= 4 is 11.8 Å². The first-order valence-corrected chi connectivity index (χ1v) is 8.35. The summed E-state index contributed by atoms with van der Waals surface area (Å²) < 4.78 is 1.89. The smallest absolute Gasteiger partial charge is 0.209 e. The van der Waals surface area contributed by atoms with Crippen LogP contribution >= 0.6 is 11.8 Å². The molecule has 0 bridgehead atoms. The van der Waals surface area contributed by atoms with Crippen molar-refractivity contribution in [3.63, 3.8) is 0 Å². The number of tetrazole rings is 1. The zero-order chi connectivity index (χ0) is 13.9. The molecule has 1 N–H and O–H groups in total. The lowest BCUT2D eigenvalue weighted by molar-refractivity contribution is 0.485. The largest absolute Gasteiger partial charge is 0.313 e. The van der Waals surface area contributed by atoms with E-state index in [1.165, 1.54) is 32.1 Å². The molecule has 1 aromatic rings. The van der Waals surface area contributed by atoms with Crippen molar-refractivity contribution in [2.75, 3.05) is 12.3 Å². The summed E-state index contributed by atoms with van der Waals surface area (Å²) >= 11 is 1.77. The van der Waals surface area contributed by atoms with E-state index in [9.17, 15) is 0 Å². The van der Waals surface area contributed by atoms with E-state index in [1.807, 2.05) is 4.68 Å². The monoisotopic (exact) mass is 285 g/mol. The van der Waals surface area contributed by atoms with Crippen molar-refractivity contribution in [2.24, 2.45) is 0 Å². The van der Waals surface area contributed by atoms with E-state index in [4.69, 9.17) is 0 Å². The Morgan fingerprint density at radius 2 is 2.00 bits per heavy atom. The molecule has 0 fully saturated rings. The Morgan fingerprint density at radius 3 is 2.74 bits per heavy atom. The number of thioether (sulfide) groups is 1. The Kier molecular flexibility index (Phi) is 8.82. The van der Waals surface area contributed by atoms with E-state index in [1.54, 1.807) is 11.8 Å². The van der Waals surface area contributed by atoms with Gasteiger partial charge in [-0.05, 0) is 16.8 Å². The van der Waals surface area contributed by atoms with Crippen LogP contribution in [0.1, 0.15) is 52.9 Å². The van der Waals surface area contributed by atoms with Crippen molar-refractivity contribution in [3.8, 4) is 0 Å². The van der Waals surface area contributed by atoms with Crippen molar-refractivity contribution in [1.82, 2.24) is 25.5 Å². The van der Waals surface area contributed by atoms with Gasteiger partial charge in [-0.1, -0.05) is 58.2 Å². The number of nitrogens with zero attached hydrogens (tertiary/aromatic N) is 4. The Labute approximate surface area is 120 Å². The van der Waals surface area contributed by atoms with Gasteiger partial charge in [0.25, 0.3) is 0 Å². The molecule has 0 saturated carbocycles. The molecule has 1 rings (SSSR count). The molecule has 0 saturated heterocycles. The van der Waals surface area contributed by atoms with Gasteiger partial charge in [0.2, 0.25) is 5.16 Å². The standard InChI is InChI=1S/C13H27N5S/c1-4-5-6-7-8-11-19-13-15-16-17-18(13)10-9-14-12(2)3/h12,14H,4-11H2,1-3H3. The van der Waals surface area contributed by atoms with E-state index in [2.05, 4.69) is 41.6 Å². The van der Waals surface area contributed by atoms with E-state index in [-0.39, 0.29) is 0 Å². The lowest BCUT2D eigenvalue weighted by Gasteiger charge is -2.08. The van der Waals surface area contributed by atoms with Crippen LogP contribution < -0.4 is 5.32 Å². The zero-order valence-corrected chi connectivity index (χ0v) is 13.2. The maximum atomic E-state index is 4.08. The third kappa shape index (κ3) is 7.52. The number of rotatable bonds is 11. The molecule has 5 nitrogen and oxygen atoms in total. The van der Waals surface area contributed by atoms with Gasteiger partial charge in [0.05, 0.1) is 6.54 Å². The molecule has 110 valence electrons. The van der Waals surface area contributed by atoms with Crippen LogP contribution in [0.15, 0.2) is 5.16 Å². The molecule has 1 aromatic heterocycles. The SMILES string of the molecule is CCCCCCCSc1nnnn1CCNC(C)C. The summed E-state index contributed by atoms with van der Waals surface area (Å²) in [5.74, 6) is 1.11. The second kappa shape index (κ2) is 10.2. The van der Waals surface area contributed by atoms with Crippen LogP contribution in [0.4, 0.5) is 0 Å². The van der Waals surface area contributed by atoms with Crippen LogP contribution in [0.5, 0.6) is 0 Å². The Morgan fingerprint density at radius 1 is 1.21 bits per heavy atom. The third-order valence-electron chi connectivity index (χ3n) is 2.85. The minimum Gasteiger partial charge on any atom is -0.313 e. The molecule has 6 heteroatoms. The van der Waals surface area contributed by atoms with Gasteiger partial charge >= 0.3 is 0 Å². The van der Waals surface area contributed by atoms with Gasteiger partial charge in [-0.25, -0.2) is 4.68 Å². The van der Waals surface area contributed by atoms with Gasteiger partial charge in [0, 0.05) is 18.3 Å². The van der Waals surface area contributed by atoms with Crippen LogP contribution in [-0.2, 0) is 6.54 Å². The van der Waals surface area contributed by atoms with Gasteiger partial charge in [0.1, 0.15) is 0 Å². The maximum absolute atomic E-state index is 4.08. The molecule has 0 aliphatic rings. The number of aromatic nitrogens is 4. The lowest BCUT2D eigenvalue weighted by Crippen LogP contribution is -2.27. The summed E-state index contributed by atoms with van der Waals surface area (Å²) in [6, 6.07) is 0.506. The van der Waals surface area contributed by atoms with Gasteiger partial charge in [0.15, 0.2) is 0 Å². The summed E-state index contributed by atoms with van der Waals surface area (Å²) in [6.07, 6.45) is 6.57. The summed E-state index contributed by atoms with van der Waals surface area (Å²) in [5.41, 5.74) is 0. The molecule has 0 aliphatic heterocycles. The molecule has 0 spiro atoms. The minimum absolute atomic E-state index is 0.506. The van der Waals surface area contributed by atoms with Gasteiger partial charge < -0.3 is 5.32 Å².